The van der Waals surface area contributed by atoms with Crippen LogP contribution in [0.3, 0.4) is 0 Å². The third-order valence-corrected chi connectivity index (χ3v) is 3.24. The largest absolute Gasteiger partial charge is 0.357 e. The van der Waals surface area contributed by atoms with Crippen molar-refractivity contribution in [3.05, 3.63) is 12.2 Å². The van der Waals surface area contributed by atoms with Crippen LogP contribution in [0.5, 0.6) is 0 Å². The van der Waals surface area contributed by atoms with Crippen molar-refractivity contribution < 1.29 is 0 Å². The van der Waals surface area contributed by atoms with E-state index in [0.29, 0.717) is 12.5 Å². The zero-order valence-corrected chi connectivity index (χ0v) is 15.2. The lowest BCUT2D eigenvalue weighted by Gasteiger charge is -2.16. The number of nitrogens with zero attached hydrogens (tertiary/aromatic N) is 4. The Labute approximate surface area is 138 Å². The topological polar surface area (TPSA) is 67.1 Å². The van der Waals surface area contributed by atoms with Gasteiger partial charge in [0.25, 0.3) is 0 Å². The van der Waals surface area contributed by atoms with E-state index >= 15 is 0 Å². The maximum absolute atomic E-state index is 4.53. The van der Waals surface area contributed by atoms with Crippen LogP contribution in [0.4, 0.5) is 0 Å². The Kier molecular flexibility index (Phi) is 10.4. The molecule has 116 valence electrons. The summed E-state index contributed by atoms with van der Waals surface area (Å²) in [4.78, 5) is 4.53. The van der Waals surface area contributed by atoms with Gasteiger partial charge in [-0.05, 0) is 12.8 Å². The zero-order valence-electron chi connectivity index (χ0n) is 12.9. The molecular formula is C13H27IN6. The van der Waals surface area contributed by atoms with Crippen molar-refractivity contribution >= 4 is 29.9 Å². The van der Waals surface area contributed by atoms with Gasteiger partial charge in [-0.1, -0.05) is 26.7 Å². The molecule has 0 aliphatic heterocycles. The number of aliphatic imine (C=N–C) groups is 1. The molecule has 6 nitrogen and oxygen atoms in total. The molecule has 1 heterocycles. The molecule has 0 fully saturated rings. The van der Waals surface area contributed by atoms with Gasteiger partial charge in [-0.2, -0.15) is 0 Å². The maximum atomic E-state index is 4.53. The highest BCUT2D eigenvalue weighted by Gasteiger charge is 2.05. The van der Waals surface area contributed by atoms with Crippen molar-refractivity contribution in [2.45, 2.75) is 40.2 Å². The molecule has 0 amide bonds. The van der Waals surface area contributed by atoms with Crippen molar-refractivity contribution in [3.63, 3.8) is 0 Å². The minimum absolute atomic E-state index is 0. The van der Waals surface area contributed by atoms with E-state index in [2.05, 4.69) is 46.6 Å². The van der Waals surface area contributed by atoms with Crippen molar-refractivity contribution in [1.82, 2.24) is 25.4 Å². The summed E-state index contributed by atoms with van der Waals surface area (Å²) in [6.07, 6.45) is 4.06. The number of nitrogens with one attached hydrogen (secondary N) is 2. The second-order valence-electron chi connectivity index (χ2n) is 4.62. The van der Waals surface area contributed by atoms with E-state index < -0.39 is 0 Å². The lowest BCUT2D eigenvalue weighted by atomic mass is 10.0. The quantitative estimate of drug-likeness (QED) is 0.421. The predicted molar refractivity (Wildman–Crippen MR) is 93.3 cm³/mol. The molecule has 7 heteroatoms. The number of aromatic nitrogens is 3. The normalized spacial score (nSPS) is 11.3. The minimum Gasteiger partial charge on any atom is -0.357 e. The minimum atomic E-state index is 0. The van der Waals surface area contributed by atoms with Crippen LogP contribution in [-0.2, 0) is 13.6 Å². The van der Waals surface area contributed by atoms with Gasteiger partial charge < -0.3 is 15.2 Å². The summed E-state index contributed by atoms with van der Waals surface area (Å²) < 4.78 is 1.88. The van der Waals surface area contributed by atoms with Gasteiger partial charge in [0, 0.05) is 20.1 Å². The molecular weight excluding hydrogens is 367 g/mol. The number of halogens is 1. The predicted octanol–water partition coefficient (Wildman–Crippen LogP) is 1.92. The fourth-order valence-corrected chi connectivity index (χ4v) is 1.76. The van der Waals surface area contributed by atoms with E-state index in [1.807, 2.05) is 11.6 Å². The Morgan fingerprint density at radius 2 is 2.00 bits per heavy atom. The molecule has 0 aliphatic rings. The van der Waals surface area contributed by atoms with Gasteiger partial charge in [0.2, 0.25) is 0 Å². The SMILES string of the molecule is CCNC(=NCc1nncn1C)NCC(CC)CC.I. The number of aryl methyl sites for hydroxylation is 1. The molecule has 20 heavy (non-hydrogen) atoms. The van der Waals surface area contributed by atoms with Crippen LogP contribution in [0.2, 0.25) is 0 Å². The van der Waals surface area contributed by atoms with Crippen LogP contribution in [0, 0.1) is 5.92 Å². The maximum Gasteiger partial charge on any atom is 0.191 e. The van der Waals surface area contributed by atoms with E-state index in [-0.39, 0.29) is 24.0 Å². The van der Waals surface area contributed by atoms with Gasteiger partial charge in [0.05, 0.1) is 0 Å². The molecule has 1 rings (SSSR count). The summed E-state index contributed by atoms with van der Waals surface area (Å²) >= 11 is 0. The monoisotopic (exact) mass is 394 g/mol. The molecule has 0 aromatic carbocycles. The molecule has 0 radical (unpaired) electrons. The Morgan fingerprint density at radius 1 is 1.30 bits per heavy atom. The van der Waals surface area contributed by atoms with Crippen LogP contribution >= 0.6 is 24.0 Å². The van der Waals surface area contributed by atoms with Crippen LogP contribution < -0.4 is 10.6 Å². The van der Waals surface area contributed by atoms with Crippen LogP contribution in [0.25, 0.3) is 0 Å². The molecule has 0 aliphatic carbocycles. The van der Waals surface area contributed by atoms with E-state index in [9.17, 15) is 0 Å². The van der Waals surface area contributed by atoms with Gasteiger partial charge in [-0.3, -0.25) is 0 Å². The first-order valence-electron chi connectivity index (χ1n) is 7.06. The van der Waals surface area contributed by atoms with E-state index in [1.54, 1.807) is 6.33 Å². The Balaban J connectivity index is 0.00000361. The summed E-state index contributed by atoms with van der Waals surface area (Å²) in [7, 11) is 1.93. The van der Waals surface area contributed by atoms with E-state index in [1.165, 1.54) is 12.8 Å². The average molecular weight is 394 g/mol. The highest BCUT2D eigenvalue weighted by atomic mass is 127. The van der Waals surface area contributed by atoms with Gasteiger partial charge in [-0.25, -0.2) is 4.99 Å². The molecule has 0 unspecified atom stereocenters. The molecule has 2 N–H and O–H groups in total. The number of hydrogen-bond acceptors (Lipinski definition) is 3. The summed E-state index contributed by atoms with van der Waals surface area (Å²) in [5, 5.41) is 14.5. The first-order valence-corrected chi connectivity index (χ1v) is 7.06. The smallest absolute Gasteiger partial charge is 0.191 e. The summed E-state index contributed by atoms with van der Waals surface area (Å²) in [5.74, 6) is 2.40. The number of guanidine groups is 1. The highest BCUT2D eigenvalue weighted by Crippen LogP contribution is 2.04. The average Bonchev–Trinajstić information content (AvgIpc) is 2.82. The van der Waals surface area contributed by atoms with Crippen molar-refractivity contribution in [2.24, 2.45) is 18.0 Å². The summed E-state index contributed by atoms with van der Waals surface area (Å²) in [6, 6.07) is 0. The number of rotatable bonds is 7. The highest BCUT2D eigenvalue weighted by molar-refractivity contribution is 14.0. The second kappa shape index (κ2) is 10.9. The molecule has 0 bridgehead atoms. The first-order chi connectivity index (χ1) is 9.21. The molecule has 1 aromatic rings. The van der Waals surface area contributed by atoms with Crippen LogP contribution in [0.15, 0.2) is 11.3 Å². The fourth-order valence-electron chi connectivity index (χ4n) is 1.76. The van der Waals surface area contributed by atoms with E-state index in [0.717, 1.165) is 24.9 Å². The standard InChI is InChI=1S/C13H26N6.HI/c1-5-11(6-2)8-15-13(14-7-3)16-9-12-18-17-10-19(12)4;/h10-11H,5-9H2,1-4H3,(H2,14,15,16);1H. The van der Waals surface area contributed by atoms with Crippen LogP contribution in [-0.4, -0.2) is 33.8 Å². The third kappa shape index (κ3) is 6.53. The molecule has 1 aromatic heterocycles. The van der Waals surface area contributed by atoms with E-state index in [4.69, 9.17) is 0 Å². The van der Waals surface area contributed by atoms with Gasteiger partial charge >= 0.3 is 0 Å². The number of hydrogen-bond donors (Lipinski definition) is 2. The van der Waals surface area contributed by atoms with Gasteiger partial charge in [0.1, 0.15) is 12.9 Å². The zero-order chi connectivity index (χ0) is 14.1. The lowest BCUT2D eigenvalue weighted by Crippen LogP contribution is -2.39. The molecule has 0 spiro atoms. The first kappa shape index (κ1) is 19.1. The van der Waals surface area contributed by atoms with Gasteiger partial charge in [-0.15, -0.1) is 34.2 Å². The molecule has 0 saturated carbocycles. The molecule has 0 atom stereocenters. The Morgan fingerprint density at radius 3 is 2.50 bits per heavy atom. The Hall–Kier alpha value is -0.860. The summed E-state index contributed by atoms with van der Waals surface area (Å²) in [5.41, 5.74) is 0. The fraction of sp³-hybridized carbons (Fsp3) is 0.769. The lowest BCUT2D eigenvalue weighted by molar-refractivity contribution is 0.481. The van der Waals surface area contributed by atoms with Crippen molar-refractivity contribution in [3.8, 4) is 0 Å². The summed E-state index contributed by atoms with van der Waals surface area (Å²) in [6.45, 7) is 8.86. The third-order valence-electron chi connectivity index (χ3n) is 3.24. The van der Waals surface area contributed by atoms with Crippen LogP contribution in [0.1, 0.15) is 39.4 Å². The van der Waals surface area contributed by atoms with Crippen molar-refractivity contribution in [2.75, 3.05) is 13.1 Å². The van der Waals surface area contributed by atoms with Gasteiger partial charge in [0.15, 0.2) is 11.8 Å². The van der Waals surface area contributed by atoms with Crippen molar-refractivity contribution in [1.29, 1.82) is 0 Å². The second-order valence-corrected chi connectivity index (χ2v) is 4.62. The molecule has 0 saturated heterocycles. The Bertz CT molecular complexity index is 386.